The number of hydrogen-bond acceptors (Lipinski definition) is 3. The van der Waals surface area contributed by atoms with Crippen molar-refractivity contribution >= 4 is 6.03 Å². The molecule has 1 aromatic carbocycles. The molecule has 2 fully saturated rings. The zero-order valence-corrected chi connectivity index (χ0v) is 15.6. The van der Waals surface area contributed by atoms with Gasteiger partial charge >= 0.3 is 6.03 Å². The Labute approximate surface area is 160 Å². The van der Waals surface area contributed by atoms with Gasteiger partial charge in [0.05, 0.1) is 6.61 Å². The van der Waals surface area contributed by atoms with Crippen molar-refractivity contribution in [2.75, 3.05) is 13.2 Å². The van der Waals surface area contributed by atoms with Gasteiger partial charge in [0.2, 0.25) is 5.88 Å². The Morgan fingerprint density at radius 2 is 1.93 bits per heavy atom. The molecule has 0 bridgehead atoms. The number of ether oxygens (including phenoxy) is 1. The molecule has 142 valence electrons. The summed E-state index contributed by atoms with van der Waals surface area (Å²) in [6, 6.07) is 14.2. The molecule has 27 heavy (non-hydrogen) atoms. The largest absolute Gasteiger partial charge is 0.477 e. The topological polar surface area (TPSA) is 63.2 Å². The lowest BCUT2D eigenvalue weighted by Gasteiger charge is -2.42. The number of benzene rings is 1. The fourth-order valence-corrected chi connectivity index (χ4v) is 3.55. The third-order valence-electron chi connectivity index (χ3n) is 5.70. The van der Waals surface area contributed by atoms with Crippen molar-refractivity contribution < 1.29 is 9.53 Å². The van der Waals surface area contributed by atoms with Gasteiger partial charge in [-0.05, 0) is 42.7 Å². The van der Waals surface area contributed by atoms with Gasteiger partial charge in [-0.25, -0.2) is 9.78 Å². The molecule has 0 aliphatic heterocycles. The van der Waals surface area contributed by atoms with Gasteiger partial charge in [0.25, 0.3) is 0 Å². The van der Waals surface area contributed by atoms with Gasteiger partial charge in [-0.15, -0.1) is 0 Å². The molecule has 0 radical (unpaired) electrons. The van der Waals surface area contributed by atoms with Crippen molar-refractivity contribution in [3.8, 4) is 5.88 Å². The van der Waals surface area contributed by atoms with Crippen LogP contribution >= 0.6 is 0 Å². The summed E-state index contributed by atoms with van der Waals surface area (Å²) in [6.07, 6.45) is 7.78. The Hall–Kier alpha value is -2.56. The fraction of sp³-hybridized carbons (Fsp3) is 0.455. The Bertz CT molecular complexity index is 753. The van der Waals surface area contributed by atoms with Gasteiger partial charge < -0.3 is 15.4 Å². The van der Waals surface area contributed by atoms with Crippen LogP contribution in [0.2, 0.25) is 0 Å². The van der Waals surface area contributed by atoms with Crippen LogP contribution in [-0.2, 0) is 12.0 Å². The van der Waals surface area contributed by atoms with Crippen molar-refractivity contribution in [3.63, 3.8) is 0 Å². The van der Waals surface area contributed by atoms with Crippen LogP contribution in [-0.4, -0.2) is 24.2 Å². The number of aromatic nitrogens is 1. The van der Waals surface area contributed by atoms with E-state index in [4.69, 9.17) is 4.74 Å². The third-order valence-corrected chi connectivity index (χ3v) is 5.70. The van der Waals surface area contributed by atoms with E-state index in [9.17, 15) is 4.79 Å². The highest BCUT2D eigenvalue weighted by molar-refractivity contribution is 5.74. The Kier molecular flexibility index (Phi) is 5.28. The zero-order chi connectivity index (χ0) is 18.5. The average Bonchev–Trinajstić information content (AvgIpc) is 3.50. The summed E-state index contributed by atoms with van der Waals surface area (Å²) >= 11 is 0. The lowest BCUT2D eigenvalue weighted by Crippen LogP contribution is -2.48. The van der Waals surface area contributed by atoms with Crippen molar-refractivity contribution in [3.05, 3.63) is 59.8 Å². The second-order valence-corrected chi connectivity index (χ2v) is 7.80. The summed E-state index contributed by atoms with van der Waals surface area (Å²) in [6.45, 7) is 1.89. The number of carbonyl (C=O) groups excluding carboxylic acids is 1. The summed E-state index contributed by atoms with van der Waals surface area (Å²) in [5.74, 6) is 1.37. The van der Waals surface area contributed by atoms with Crippen molar-refractivity contribution in [2.24, 2.45) is 5.92 Å². The van der Waals surface area contributed by atoms with Gasteiger partial charge in [-0.1, -0.05) is 42.8 Å². The monoisotopic (exact) mass is 365 g/mol. The Balaban J connectivity index is 1.22. The molecule has 0 spiro atoms. The van der Waals surface area contributed by atoms with E-state index in [-0.39, 0.29) is 11.4 Å². The van der Waals surface area contributed by atoms with E-state index in [1.165, 1.54) is 24.8 Å². The number of carbonyl (C=O) groups is 1. The number of amides is 2. The maximum absolute atomic E-state index is 12.2. The quantitative estimate of drug-likeness (QED) is 0.748. The van der Waals surface area contributed by atoms with Crippen LogP contribution in [0.15, 0.2) is 48.7 Å². The molecular weight excluding hydrogens is 338 g/mol. The van der Waals surface area contributed by atoms with Crippen LogP contribution in [0, 0.1) is 5.92 Å². The van der Waals surface area contributed by atoms with E-state index in [1.54, 1.807) is 6.20 Å². The Morgan fingerprint density at radius 3 is 2.56 bits per heavy atom. The fourth-order valence-electron chi connectivity index (χ4n) is 3.55. The van der Waals surface area contributed by atoms with E-state index in [0.29, 0.717) is 24.9 Å². The van der Waals surface area contributed by atoms with Crippen LogP contribution in [0.1, 0.15) is 43.2 Å². The molecule has 0 saturated heterocycles. The zero-order valence-electron chi connectivity index (χ0n) is 15.6. The highest BCUT2D eigenvalue weighted by Gasteiger charge is 2.38. The molecule has 1 aromatic heterocycles. The van der Waals surface area contributed by atoms with Crippen LogP contribution in [0.5, 0.6) is 5.88 Å². The lowest BCUT2D eigenvalue weighted by atomic mass is 9.64. The first-order valence-electron chi connectivity index (χ1n) is 9.88. The molecule has 2 saturated carbocycles. The van der Waals surface area contributed by atoms with Crippen molar-refractivity contribution in [1.82, 2.24) is 15.6 Å². The van der Waals surface area contributed by atoms with Gasteiger partial charge in [0.15, 0.2) is 0 Å². The van der Waals surface area contributed by atoms with Gasteiger partial charge in [-0.2, -0.15) is 0 Å². The maximum Gasteiger partial charge on any atom is 0.315 e. The summed E-state index contributed by atoms with van der Waals surface area (Å²) in [5, 5.41) is 5.97. The number of pyridine rings is 1. The molecule has 0 atom stereocenters. The minimum atomic E-state index is -0.133. The van der Waals surface area contributed by atoms with Crippen LogP contribution < -0.4 is 15.4 Å². The summed E-state index contributed by atoms with van der Waals surface area (Å²) in [4.78, 5) is 16.5. The van der Waals surface area contributed by atoms with Crippen molar-refractivity contribution in [1.29, 1.82) is 0 Å². The van der Waals surface area contributed by atoms with Crippen molar-refractivity contribution in [2.45, 2.75) is 44.1 Å². The number of rotatable bonds is 8. The first-order valence-corrected chi connectivity index (χ1v) is 9.88. The second kappa shape index (κ2) is 7.99. The highest BCUT2D eigenvalue weighted by Crippen LogP contribution is 2.43. The van der Waals surface area contributed by atoms with Gasteiger partial charge in [-0.3, -0.25) is 0 Å². The highest BCUT2D eigenvalue weighted by atomic mass is 16.5. The average molecular weight is 365 g/mol. The minimum Gasteiger partial charge on any atom is -0.477 e. The first kappa shape index (κ1) is 17.8. The molecule has 2 aromatic rings. The predicted octanol–water partition coefficient (Wildman–Crippen LogP) is 3.79. The normalized spacial score (nSPS) is 17.6. The standard InChI is InChI=1S/C22H27N3O2/c26-21(25-16-22(11-4-12-22)19-5-2-1-3-6-19)24-14-18-9-10-20(23-13-18)27-15-17-7-8-17/h1-3,5-6,9-10,13,17H,4,7-8,11-12,14-16H2,(H2,24,25,26). The number of nitrogens with one attached hydrogen (secondary N) is 2. The van der Waals surface area contributed by atoms with Crippen LogP contribution in [0.4, 0.5) is 4.79 Å². The molecule has 4 rings (SSSR count). The molecule has 5 heteroatoms. The SMILES string of the molecule is O=C(NCc1ccc(OCC2CC2)nc1)NCC1(c2ccccc2)CCC1. The minimum absolute atomic E-state index is 0.0979. The van der Waals surface area contributed by atoms with E-state index in [1.807, 2.05) is 18.2 Å². The van der Waals surface area contributed by atoms with Crippen LogP contribution in [0.25, 0.3) is 0 Å². The molecule has 2 N–H and O–H groups in total. The second-order valence-electron chi connectivity index (χ2n) is 7.80. The van der Waals surface area contributed by atoms with E-state index in [2.05, 4.69) is 39.9 Å². The van der Waals surface area contributed by atoms with Gasteiger partial charge in [0.1, 0.15) is 0 Å². The molecule has 2 aliphatic rings. The Morgan fingerprint density at radius 1 is 1.11 bits per heavy atom. The summed E-state index contributed by atoms with van der Waals surface area (Å²) in [5.41, 5.74) is 2.38. The summed E-state index contributed by atoms with van der Waals surface area (Å²) in [7, 11) is 0. The molecular formula is C22H27N3O2. The molecule has 2 amide bonds. The molecule has 5 nitrogen and oxygen atoms in total. The molecule has 2 aliphatic carbocycles. The van der Waals surface area contributed by atoms with Crippen LogP contribution in [0.3, 0.4) is 0 Å². The van der Waals surface area contributed by atoms with Gasteiger partial charge in [0, 0.05) is 30.8 Å². The summed E-state index contributed by atoms with van der Waals surface area (Å²) < 4.78 is 5.64. The van der Waals surface area contributed by atoms with E-state index < -0.39 is 0 Å². The molecule has 1 heterocycles. The smallest absolute Gasteiger partial charge is 0.315 e. The number of hydrogen-bond donors (Lipinski definition) is 2. The predicted molar refractivity (Wildman–Crippen MR) is 105 cm³/mol. The first-order chi connectivity index (χ1) is 13.2. The maximum atomic E-state index is 12.2. The van der Waals surface area contributed by atoms with E-state index in [0.717, 1.165) is 25.0 Å². The number of nitrogens with zero attached hydrogens (tertiary/aromatic N) is 1. The molecule has 0 unspecified atom stereocenters. The number of urea groups is 1. The van der Waals surface area contributed by atoms with E-state index >= 15 is 0 Å². The lowest BCUT2D eigenvalue weighted by molar-refractivity contribution is 0.214. The third kappa shape index (κ3) is 4.59.